The summed E-state index contributed by atoms with van der Waals surface area (Å²) in [6.07, 6.45) is 0. The van der Waals surface area contributed by atoms with E-state index in [1.165, 1.54) is 0 Å². The van der Waals surface area contributed by atoms with Gasteiger partial charge in [0.2, 0.25) is 0 Å². The zero-order chi connectivity index (χ0) is 16.6. The molecule has 0 unspecified atom stereocenters. The topological polar surface area (TPSA) is 75.7 Å². The van der Waals surface area contributed by atoms with Crippen molar-refractivity contribution in [3.05, 3.63) is 33.1 Å². The number of hydrogen-bond donors (Lipinski definition) is 1. The molecule has 6 nitrogen and oxygen atoms in total. The van der Waals surface area contributed by atoms with Crippen molar-refractivity contribution >= 4 is 62.5 Å². The van der Waals surface area contributed by atoms with Crippen LogP contribution in [0.15, 0.2) is 18.2 Å². The van der Waals surface area contributed by atoms with Crippen molar-refractivity contribution in [2.75, 3.05) is 19.7 Å². The molecule has 0 atom stereocenters. The molecule has 2 heterocycles. The lowest BCUT2D eigenvalue weighted by atomic mass is 10.2. The molecule has 3 amide bonds. The maximum Gasteiger partial charge on any atom is 0.350 e. The van der Waals surface area contributed by atoms with Crippen molar-refractivity contribution in [1.82, 2.24) is 10.2 Å². The van der Waals surface area contributed by atoms with Gasteiger partial charge < -0.3 is 10.1 Å². The number of urea groups is 1. The highest BCUT2D eigenvalue weighted by Gasteiger charge is 2.27. The van der Waals surface area contributed by atoms with Gasteiger partial charge >= 0.3 is 12.0 Å². The van der Waals surface area contributed by atoms with E-state index in [-0.39, 0.29) is 16.4 Å². The Kier molecular flexibility index (Phi) is 4.43. The van der Waals surface area contributed by atoms with E-state index in [2.05, 4.69) is 5.32 Å². The normalized spacial score (nSPS) is 14.2. The monoisotopic (exact) mass is 372 g/mol. The van der Waals surface area contributed by atoms with E-state index in [9.17, 15) is 14.4 Å². The summed E-state index contributed by atoms with van der Waals surface area (Å²) in [5.41, 5.74) is 0. The minimum atomic E-state index is -0.708. The highest BCUT2D eigenvalue weighted by atomic mass is 35.5. The van der Waals surface area contributed by atoms with Crippen LogP contribution < -0.4 is 5.32 Å². The molecule has 0 spiro atoms. The Bertz CT molecular complexity index is 820. The van der Waals surface area contributed by atoms with Crippen molar-refractivity contribution < 1.29 is 19.1 Å². The number of esters is 1. The molecule has 0 bridgehead atoms. The molecule has 3 rings (SSSR count). The molecule has 0 aliphatic carbocycles. The molecular weight excluding hydrogens is 363 g/mol. The largest absolute Gasteiger partial charge is 0.451 e. The predicted molar refractivity (Wildman–Crippen MR) is 87.2 cm³/mol. The Morgan fingerprint density at radius 2 is 2.13 bits per heavy atom. The highest BCUT2D eigenvalue weighted by molar-refractivity contribution is 7.21. The number of benzene rings is 1. The smallest absolute Gasteiger partial charge is 0.350 e. The van der Waals surface area contributed by atoms with Crippen LogP contribution in [-0.2, 0) is 9.53 Å². The Labute approximate surface area is 144 Å². The molecule has 1 fully saturated rings. The van der Waals surface area contributed by atoms with Crippen molar-refractivity contribution in [3.63, 3.8) is 0 Å². The molecule has 1 saturated heterocycles. The van der Waals surface area contributed by atoms with Gasteiger partial charge in [-0.2, -0.15) is 0 Å². The van der Waals surface area contributed by atoms with E-state index >= 15 is 0 Å². The van der Waals surface area contributed by atoms with Gasteiger partial charge in [-0.3, -0.25) is 9.69 Å². The molecule has 1 aromatic heterocycles. The van der Waals surface area contributed by atoms with Crippen LogP contribution in [0.2, 0.25) is 10.0 Å². The molecule has 9 heteroatoms. The second-order valence-electron chi connectivity index (χ2n) is 4.74. The summed E-state index contributed by atoms with van der Waals surface area (Å²) in [4.78, 5) is 36.5. The van der Waals surface area contributed by atoms with Gasteiger partial charge in [0.15, 0.2) is 6.61 Å². The number of carbonyl (C=O) groups is 3. The first-order chi connectivity index (χ1) is 11.0. The fourth-order valence-electron chi connectivity index (χ4n) is 2.15. The summed E-state index contributed by atoms with van der Waals surface area (Å²) in [5, 5.41) is 3.98. The number of nitrogens with one attached hydrogen (secondary N) is 1. The van der Waals surface area contributed by atoms with Crippen LogP contribution in [0.25, 0.3) is 10.1 Å². The molecular formula is C14H10Cl2N2O4S. The number of thiophene rings is 1. The maximum atomic E-state index is 12.1. The molecule has 0 radical (unpaired) electrons. The summed E-state index contributed by atoms with van der Waals surface area (Å²) in [5.74, 6) is -1.28. The number of imide groups is 1. The summed E-state index contributed by atoms with van der Waals surface area (Å²) >= 11 is 13.2. The summed E-state index contributed by atoms with van der Waals surface area (Å²) in [7, 11) is 0. The van der Waals surface area contributed by atoms with Crippen molar-refractivity contribution in [3.8, 4) is 0 Å². The predicted octanol–water partition coefficient (Wildman–Crippen LogP) is 2.92. The fourth-order valence-corrected chi connectivity index (χ4v) is 3.83. The zero-order valence-electron chi connectivity index (χ0n) is 11.6. The Balaban J connectivity index is 1.72. The first-order valence-electron chi connectivity index (χ1n) is 6.60. The van der Waals surface area contributed by atoms with Crippen LogP contribution in [0.5, 0.6) is 0 Å². The zero-order valence-corrected chi connectivity index (χ0v) is 13.9. The molecule has 0 saturated carbocycles. The third kappa shape index (κ3) is 3.12. The van der Waals surface area contributed by atoms with Crippen LogP contribution >= 0.6 is 34.5 Å². The van der Waals surface area contributed by atoms with E-state index < -0.39 is 24.5 Å². The first-order valence-corrected chi connectivity index (χ1v) is 8.17. The number of halogens is 2. The van der Waals surface area contributed by atoms with Gasteiger partial charge in [-0.25, -0.2) is 9.59 Å². The van der Waals surface area contributed by atoms with Crippen molar-refractivity contribution in [2.45, 2.75) is 0 Å². The Hall–Kier alpha value is -1.83. The number of amides is 3. The van der Waals surface area contributed by atoms with Crippen LogP contribution in [0.4, 0.5) is 4.79 Å². The van der Waals surface area contributed by atoms with Gasteiger partial charge in [0.05, 0.1) is 5.02 Å². The van der Waals surface area contributed by atoms with Crippen LogP contribution in [-0.4, -0.2) is 42.5 Å². The third-order valence-corrected chi connectivity index (χ3v) is 5.13. The maximum absolute atomic E-state index is 12.1. The van der Waals surface area contributed by atoms with Gasteiger partial charge in [0, 0.05) is 28.2 Å². The minimum absolute atomic E-state index is 0.197. The van der Waals surface area contributed by atoms with Gasteiger partial charge in [-0.15, -0.1) is 11.3 Å². The lowest BCUT2D eigenvalue weighted by Gasteiger charge is -2.11. The van der Waals surface area contributed by atoms with E-state index in [0.29, 0.717) is 17.0 Å². The molecule has 1 aliphatic heterocycles. The fraction of sp³-hybridized carbons (Fsp3) is 0.214. The molecule has 2 aromatic rings. The molecule has 1 aliphatic rings. The van der Waals surface area contributed by atoms with E-state index in [0.717, 1.165) is 20.9 Å². The van der Waals surface area contributed by atoms with Crippen molar-refractivity contribution in [1.29, 1.82) is 0 Å². The molecule has 120 valence electrons. The van der Waals surface area contributed by atoms with Crippen molar-refractivity contribution in [2.24, 2.45) is 0 Å². The number of ether oxygens (including phenoxy) is 1. The van der Waals surface area contributed by atoms with Crippen LogP contribution in [0.3, 0.4) is 0 Å². The van der Waals surface area contributed by atoms with Gasteiger partial charge in [0.25, 0.3) is 5.91 Å². The molecule has 1 N–H and O–H groups in total. The van der Waals surface area contributed by atoms with Crippen LogP contribution in [0, 0.1) is 0 Å². The third-order valence-electron chi connectivity index (χ3n) is 3.26. The summed E-state index contributed by atoms with van der Waals surface area (Å²) < 4.78 is 5.72. The average Bonchev–Trinajstić information content (AvgIpc) is 3.08. The number of fused-ring (bicyclic) bond motifs is 1. The SMILES string of the molecule is O=C(OCC(=O)N1CCNC1=O)c1sc2cc(Cl)ccc2c1Cl. The lowest BCUT2D eigenvalue weighted by molar-refractivity contribution is -0.130. The number of rotatable bonds is 3. The van der Waals surface area contributed by atoms with E-state index in [4.69, 9.17) is 27.9 Å². The molecule has 23 heavy (non-hydrogen) atoms. The number of carbonyl (C=O) groups excluding carboxylic acids is 3. The summed E-state index contributed by atoms with van der Waals surface area (Å²) in [6, 6.07) is 4.60. The standard InChI is InChI=1S/C14H10Cl2N2O4S/c15-7-1-2-8-9(5-7)23-12(11(8)16)13(20)22-6-10(19)18-4-3-17-14(18)21/h1-2,5H,3-4,6H2,(H,17,21). The number of hydrogen-bond acceptors (Lipinski definition) is 5. The second kappa shape index (κ2) is 6.35. The summed E-state index contributed by atoms with van der Waals surface area (Å²) in [6.45, 7) is 0.135. The Morgan fingerprint density at radius 3 is 2.83 bits per heavy atom. The van der Waals surface area contributed by atoms with Gasteiger partial charge in [-0.05, 0) is 12.1 Å². The quantitative estimate of drug-likeness (QED) is 0.840. The number of nitrogens with zero attached hydrogens (tertiary/aromatic N) is 1. The van der Waals surface area contributed by atoms with Gasteiger partial charge in [0.1, 0.15) is 4.88 Å². The van der Waals surface area contributed by atoms with Gasteiger partial charge in [-0.1, -0.05) is 29.3 Å². The average molecular weight is 373 g/mol. The Morgan fingerprint density at radius 1 is 1.35 bits per heavy atom. The first kappa shape index (κ1) is 16.0. The second-order valence-corrected chi connectivity index (χ2v) is 6.61. The molecule has 1 aromatic carbocycles. The minimum Gasteiger partial charge on any atom is -0.451 e. The van der Waals surface area contributed by atoms with E-state index in [1.54, 1.807) is 18.2 Å². The van der Waals surface area contributed by atoms with E-state index in [1.807, 2.05) is 0 Å². The highest BCUT2D eigenvalue weighted by Crippen LogP contribution is 2.37. The lowest BCUT2D eigenvalue weighted by Crippen LogP contribution is -2.37. The van der Waals surface area contributed by atoms with Crippen LogP contribution in [0.1, 0.15) is 9.67 Å².